The Morgan fingerprint density at radius 1 is 1.90 bits per heavy atom. The zero-order chi connectivity index (χ0) is 7.72. The minimum absolute atomic E-state index is 0.0876. The molecule has 0 spiro atoms. The molecule has 0 radical (unpaired) electrons. The maximum Gasteiger partial charge on any atom is 0.408 e. The first-order valence-electron chi connectivity index (χ1n) is 3.22. The van der Waals surface area contributed by atoms with Crippen LogP contribution in [-0.2, 0) is 0 Å². The van der Waals surface area contributed by atoms with Gasteiger partial charge in [-0.2, -0.15) is 0 Å². The highest BCUT2D eigenvalue weighted by atomic mass is 35.5. The fourth-order valence-electron chi connectivity index (χ4n) is 1.02. The molecule has 1 rings (SSSR count). The Morgan fingerprint density at radius 3 is 2.50 bits per heavy atom. The summed E-state index contributed by atoms with van der Waals surface area (Å²) in [6, 6.07) is 0.264. The normalized spacial score (nSPS) is 29.8. The predicted molar refractivity (Wildman–Crippen MR) is 38.2 cm³/mol. The van der Waals surface area contributed by atoms with Gasteiger partial charge in [0.05, 0.1) is 6.00 Å². The molecule has 0 aromatic rings. The smallest absolute Gasteiger partial charge is 0.408 e. The molecule has 0 bridgehead atoms. The van der Waals surface area contributed by atoms with Gasteiger partial charge in [-0.05, 0) is 12.3 Å². The highest BCUT2D eigenvalue weighted by molar-refractivity contribution is 6.18. The second kappa shape index (κ2) is 2.66. The van der Waals surface area contributed by atoms with Crippen molar-refractivity contribution in [2.75, 3.05) is 6.00 Å². The number of amides is 1. The van der Waals surface area contributed by atoms with Crippen molar-refractivity contribution in [2.24, 2.45) is 5.92 Å². The number of carbonyl (C=O) groups is 1. The number of halogens is 1. The molecule has 58 valence electrons. The van der Waals surface area contributed by atoms with E-state index < -0.39 is 6.09 Å². The molecule has 1 saturated carbocycles. The minimum Gasteiger partial charge on any atom is -0.465 e. The van der Waals surface area contributed by atoms with Crippen molar-refractivity contribution in [3.05, 3.63) is 0 Å². The molecular formula is C6H10ClNO2. The summed E-state index contributed by atoms with van der Waals surface area (Å²) >= 11 is 5.41. The Morgan fingerprint density at radius 2 is 2.40 bits per heavy atom. The molecule has 0 aromatic carbocycles. The number of hydrogen-bond acceptors (Lipinski definition) is 1. The van der Waals surface area contributed by atoms with Crippen molar-refractivity contribution < 1.29 is 9.90 Å². The molecule has 0 aromatic heterocycles. The van der Waals surface area contributed by atoms with Crippen LogP contribution in [0.25, 0.3) is 0 Å². The minimum atomic E-state index is -0.913. The lowest BCUT2D eigenvalue weighted by atomic mass is 10.4. The van der Waals surface area contributed by atoms with Crippen LogP contribution in [0.2, 0.25) is 0 Å². The van der Waals surface area contributed by atoms with Crippen LogP contribution in [0.15, 0.2) is 0 Å². The highest BCUT2D eigenvalue weighted by Gasteiger charge is 2.40. The standard InChI is InChI=1S/C6H10ClNO2/c1-4-2-5(4)8(3-7)6(9)10/h4-5H,2-3H2,1H3,(H,9,10). The van der Waals surface area contributed by atoms with Crippen LogP contribution in [0.3, 0.4) is 0 Å². The Bertz CT molecular complexity index is 151. The maximum atomic E-state index is 10.4. The van der Waals surface area contributed by atoms with E-state index in [1.165, 1.54) is 4.90 Å². The quantitative estimate of drug-likeness (QED) is 0.496. The monoisotopic (exact) mass is 163 g/mol. The van der Waals surface area contributed by atoms with Crippen molar-refractivity contribution in [2.45, 2.75) is 19.4 Å². The number of nitrogens with zero attached hydrogens (tertiary/aromatic N) is 1. The molecule has 4 heteroatoms. The van der Waals surface area contributed by atoms with Gasteiger partial charge in [-0.1, -0.05) is 6.92 Å². The van der Waals surface area contributed by atoms with E-state index in [-0.39, 0.29) is 12.0 Å². The van der Waals surface area contributed by atoms with Crippen LogP contribution in [-0.4, -0.2) is 28.1 Å². The van der Waals surface area contributed by atoms with Crippen LogP contribution in [0.5, 0.6) is 0 Å². The van der Waals surface area contributed by atoms with E-state index in [4.69, 9.17) is 16.7 Å². The third-order valence-corrected chi connectivity index (χ3v) is 2.10. The van der Waals surface area contributed by atoms with Gasteiger partial charge in [0.15, 0.2) is 0 Å². The molecule has 0 aliphatic heterocycles. The Labute approximate surface area is 64.6 Å². The van der Waals surface area contributed by atoms with E-state index in [1.807, 2.05) is 6.92 Å². The van der Waals surface area contributed by atoms with Gasteiger partial charge < -0.3 is 5.11 Å². The second-order valence-corrected chi connectivity index (χ2v) is 2.89. The highest BCUT2D eigenvalue weighted by Crippen LogP contribution is 2.34. The Kier molecular flexibility index (Phi) is 2.04. The molecule has 2 atom stereocenters. The summed E-state index contributed by atoms with van der Waals surface area (Å²) in [5.41, 5.74) is 0. The van der Waals surface area contributed by atoms with E-state index in [0.717, 1.165) is 6.42 Å². The molecule has 1 amide bonds. The van der Waals surface area contributed by atoms with Gasteiger partial charge in [0.1, 0.15) is 0 Å². The summed E-state index contributed by atoms with van der Waals surface area (Å²) in [7, 11) is 0. The summed E-state index contributed by atoms with van der Waals surface area (Å²) in [6.45, 7) is 2.02. The van der Waals surface area contributed by atoms with Crippen molar-refractivity contribution >= 4 is 17.7 Å². The van der Waals surface area contributed by atoms with Crippen molar-refractivity contribution in [1.29, 1.82) is 0 Å². The zero-order valence-corrected chi connectivity index (χ0v) is 6.51. The van der Waals surface area contributed by atoms with Crippen molar-refractivity contribution in [1.82, 2.24) is 4.90 Å². The van der Waals surface area contributed by atoms with Gasteiger partial charge in [-0.25, -0.2) is 4.79 Å². The third kappa shape index (κ3) is 1.34. The predicted octanol–water partition coefficient (Wildman–Crippen LogP) is 1.57. The van der Waals surface area contributed by atoms with Gasteiger partial charge in [-0.3, -0.25) is 4.90 Å². The van der Waals surface area contributed by atoms with Crippen LogP contribution < -0.4 is 0 Å². The first kappa shape index (κ1) is 7.66. The molecular weight excluding hydrogens is 154 g/mol. The number of rotatable bonds is 2. The van der Waals surface area contributed by atoms with Gasteiger partial charge in [-0.15, -0.1) is 11.6 Å². The van der Waals surface area contributed by atoms with Crippen molar-refractivity contribution in [3.8, 4) is 0 Å². The number of carboxylic acid groups (broad SMARTS) is 1. The van der Waals surface area contributed by atoms with Crippen LogP contribution in [0, 0.1) is 5.92 Å². The van der Waals surface area contributed by atoms with Crippen molar-refractivity contribution in [3.63, 3.8) is 0 Å². The molecule has 0 saturated heterocycles. The first-order valence-corrected chi connectivity index (χ1v) is 3.75. The van der Waals surface area contributed by atoms with Crippen LogP contribution >= 0.6 is 11.6 Å². The molecule has 3 nitrogen and oxygen atoms in total. The first-order chi connectivity index (χ1) is 4.66. The maximum absolute atomic E-state index is 10.4. The Hall–Kier alpha value is -0.440. The van der Waals surface area contributed by atoms with E-state index in [0.29, 0.717) is 5.92 Å². The Balaban J connectivity index is 2.42. The van der Waals surface area contributed by atoms with E-state index in [2.05, 4.69) is 0 Å². The molecule has 1 aliphatic carbocycles. The molecule has 1 N–H and O–H groups in total. The largest absolute Gasteiger partial charge is 0.465 e. The summed E-state index contributed by atoms with van der Waals surface area (Å²) in [5.74, 6) is 0.495. The van der Waals surface area contributed by atoms with E-state index >= 15 is 0 Å². The second-order valence-electron chi connectivity index (χ2n) is 2.65. The summed E-state index contributed by atoms with van der Waals surface area (Å²) in [4.78, 5) is 11.7. The lowest BCUT2D eigenvalue weighted by Crippen LogP contribution is -2.31. The molecule has 0 heterocycles. The average Bonchev–Trinajstić information content (AvgIpc) is 2.48. The van der Waals surface area contributed by atoms with E-state index in [9.17, 15) is 4.79 Å². The fraction of sp³-hybridized carbons (Fsp3) is 0.833. The third-order valence-electron chi connectivity index (χ3n) is 1.84. The summed E-state index contributed by atoms with van der Waals surface area (Å²) in [5, 5.41) is 8.54. The number of alkyl halides is 1. The molecule has 1 aliphatic rings. The van der Waals surface area contributed by atoms with Crippen LogP contribution in [0.4, 0.5) is 4.79 Å². The lowest BCUT2D eigenvalue weighted by Gasteiger charge is -2.14. The fourth-order valence-corrected chi connectivity index (χ4v) is 1.30. The molecule has 2 unspecified atom stereocenters. The van der Waals surface area contributed by atoms with Gasteiger partial charge in [0.25, 0.3) is 0 Å². The lowest BCUT2D eigenvalue weighted by molar-refractivity contribution is 0.148. The zero-order valence-electron chi connectivity index (χ0n) is 5.75. The summed E-state index contributed by atoms with van der Waals surface area (Å²) < 4.78 is 0. The van der Waals surface area contributed by atoms with Gasteiger partial charge in [0, 0.05) is 6.04 Å². The topological polar surface area (TPSA) is 40.5 Å². The average molecular weight is 164 g/mol. The van der Waals surface area contributed by atoms with Crippen LogP contribution in [0.1, 0.15) is 13.3 Å². The SMILES string of the molecule is CC1CC1N(CCl)C(=O)O. The number of hydrogen-bond donors (Lipinski definition) is 1. The van der Waals surface area contributed by atoms with Gasteiger partial charge in [0.2, 0.25) is 0 Å². The molecule has 10 heavy (non-hydrogen) atoms. The summed E-state index contributed by atoms with van der Waals surface area (Å²) in [6.07, 6.45) is 0.0447. The van der Waals surface area contributed by atoms with Gasteiger partial charge >= 0.3 is 6.09 Å². The molecule has 1 fully saturated rings. The van der Waals surface area contributed by atoms with E-state index in [1.54, 1.807) is 0 Å².